The molecule has 2 rings (SSSR count). The normalized spacial score (nSPS) is 13.7. The van der Waals surface area contributed by atoms with E-state index in [9.17, 15) is 24.5 Å². The number of nitro groups is 1. The first-order chi connectivity index (χ1) is 13.9. The van der Waals surface area contributed by atoms with E-state index < -0.39 is 4.92 Å². The van der Waals surface area contributed by atoms with E-state index in [4.69, 9.17) is 10.6 Å². The topological polar surface area (TPSA) is 148 Å². The highest BCUT2D eigenvalue weighted by Crippen LogP contribution is 2.17. The molecule has 0 aromatic heterocycles. The minimum Gasteiger partial charge on any atom is -0.493 e. The number of hydrogen-bond donors (Lipinski definition) is 2. The van der Waals surface area contributed by atoms with Gasteiger partial charge in [0, 0.05) is 51.2 Å². The van der Waals surface area contributed by atoms with Crippen LogP contribution < -0.4 is 16.0 Å². The predicted molar refractivity (Wildman–Crippen MR) is 103 cm³/mol. The number of benzene rings is 1. The maximum atomic E-state index is 12.3. The second-order valence-electron chi connectivity index (χ2n) is 6.53. The van der Waals surface area contributed by atoms with Crippen LogP contribution in [0.1, 0.15) is 25.7 Å². The molecule has 11 heteroatoms. The van der Waals surface area contributed by atoms with Gasteiger partial charge in [-0.15, -0.1) is 0 Å². The lowest BCUT2D eigenvalue weighted by Gasteiger charge is -2.35. The number of hydrazine groups is 1. The maximum Gasteiger partial charge on any atom is 0.269 e. The van der Waals surface area contributed by atoms with Crippen molar-refractivity contribution in [2.45, 2.75) is 25.7 Å². The molecule has 0 unspecified atom stereocenters. The SMILES string of the molecule is NNC(=O)CCCC(=O)N1CCN(C(=O)CCOc2ccc([N+](=O)[O-])cc2)CC1. The van der Waals surface area contributed by atoms with Crippen molar-refractivity contribution in [3.05, 3.63) is 34.4 Å². The predicted octanol–water partition coefficient (Wildman–Crippen LogP) is 0.195. The Balaban J connectivity index is 1.65. The monoisotopic (exact) mass is 407 g/mol. The van der Waals surface area contributed by atoms with Crippen LogP contribution >= 0.6 is 0 Å². The number of nitrogens with two attached hydrogens (primary N) is 1. The number of nitro benzene ring substituents is 1. The molecule has 11 nitrogen and oxygen atoms in total. The number of hydrogen-bond acceptors (Lipinski definition) is 7. The zero-order valence-electron chi connectivity index (χ0n) is 16.0. The van der Waals surface area contributed by atoms with Crippen molar-refractivity contribution in [2.75, 3.05) is 32.8 Å². The molecule has 0 radical (unpaired) electrons. The molecular weight excluding hydrogens is 382 g/mol. The van der Waals surface area contributed by atoms with Crippen LogP contribution in [0.2, 0.25) is 0 Å². The zero-order valence-corrected chi connectivity index (χ0v) is 16.0. The number of carbonyl (C=O) groups is 3. The molecule has 1 saturated heterocycles. The third-order valence-corrected chi connectivity index (χ3v) is 4.57. The lowest BCUT2D eigenvalue weighted by Crippen LogP contribution is -2.50. The van der Waals surface area contributed by atoms with E-state index in [0.717, 1.165) is 0 Å². The molecule has 1 heterocycles. The van der Waals surface area contributed by atoms with Crippen LogP contribution in [-0.4, -0.2) is 65.2 Å². The molecule has 3 N–H and O–H groups in total. The van der Waals surface area contributed by atoms with E-state index in [2.05, 4.69) is 0 Å². The molecule has 0 atom stereocenters. The van der Waals surface area contributed by atoms with E-state index >= 15 is 0 Å². The first-order valence-electron chi connectivity index (χ1n) is 9.33. The summed E-state index contributed by atoms with van der Waals surface area (Å²) in [6.07, 6.45) is 1.08. The standard InChI is InChI=1S/C18H25N5O6/c19-20-16(24)2-1-3-17(25)21-9-11-22(12-10-21)18(26)8-13-29-15-6-4-14(5-7-15)23(27)28/h4-7H,1-3,8-13,19H2,(H,20,24). The average Bonchev–Trinajstić information content (AvgIpc) is 2.73. The Morgan fingerprint density at radius 1 is 1.00 bits per heavy atom. The smallest absolute Gasteiger partial charge is 0.269 e. The van der Waals surface area contributed by atoms with Gasteiger partial charge in [0.15, 0.2) is 0 Å². The molecule has 1 fully saturated rings. The van der Waals surface area contributed by atoms with Gasteiger partial charge in [-0.05, 0) is 18.6 Å². The number of piperazine rings is 1. The number of nitrogens with zero attached hydrogens (tertiary/aromatic N) is 3. The van der Waals surface area contributed by atoms with Crippen LogP contribution in [0.3, 0.4) is 0 Å². The van der Waals surface area contributed by atoms with E-state index in [1.807, 2.05) is 5.43 Å². The number of rotatable bonds is 9. The van der Waals surface area contributed by atoms with Gasteiger partial charge in [-0.1, -0.05) is 0 Å². The van der Waals surface area contributed by atoms with E-state index in [0.29, 0.717) is 38.3 Å². The highest BCUT2D eigenvalue weighted by molar-refractivity contribution is 5.79. The lowest BCUT2D eigenvalue weighted by atomic mass is 10.2. The van der Waals surface area contributed by atoms with Crippen LogP contribution in [0.5, 0.6) is 5.75 Å². The summed E-state index contributed by atoms with van der Waals surface area (Å²) < 4.78 is 5.46. The van der Waals surface area contributed by atoms with Gasteiger partial charge < -0.3 is 14.5 Å². The summed E-state index contributed by atoms with van der Waals surface area (Å²) in [7, 11) is 0. The van der Waals surface area contributed by atoms with E-state index in [1.54, 1.807) is 9.80 Å². The summed E-state index contributed by atoms with van der Waals surface area (Å²) >= 11 is 0. The Morgan fingerprint density at radius 3 is 2.07 bits per heavy atom. The Morgan fingerprint density at radius 2 is 1.55 bits per heavy atom. The molecule has 1 aromatic rings. The highest BCUT2D eigenvalue weighted by Gasteiger charge is 2.23. The van der Waals surface area contributed by atoms with Gasteiger partial charge in [-0.3, -0.25) is 29.9 Å². The third kappa shape index (κ3) is 7.03. The molecule has 0 aliphatic carbocycles. The number of ether oxygens (including phenoxy) is 1. The van der Waals surface area contributed by atoms with Crippen LogP contribution in [0.25, 0.3) is 0 Å². The van der Waals surface area contributed by atoms with Gasteiger partial charge in [0.1, 0.15) is 5.75 Å². The second-order valence-corrected chi connectivity index (χ2v) is 6.53. The number of nitrogens with one attached hydrogen (secondary N) is 1. The third-order valence-electron chi connectivity index (χ3n) is 4.57. The van der Waals surface area contributed by atoms with Gasteiger partial charge in [0.2, 0.25) is 17.7 Å². The molecule has 158 valence electrons. The zero-order chi connectivity index (χ0) is 21.2. The minimum atomic E-state index is -0.491. The van der Waals surface area contributed by atoms with E-state index in [1.165, 1.54) is 24.3 Å². The van der Waals surface area contributed by atoms with E-state index in [-0.39, 0.29) is 49.3 Å². The molecule has 0 spiro atoms. The molecule has 1 aliphatic heterocycles. The maximum absolute atomic E-state index is 12.3. The summed E-state index contributed by atoms with van der Waals surface area (Å²) in [5.41, 5.74) is 2.00. The minimum absolute atomic E-state index is 0.0245. The molecule has 0 bridgehead atoms. The van der Waals surface area contributed by atoms with Crippen LogP contribution in [0, 0.1) is 10.1 Å². The molecule has 3 amide bonds. The van der Waals surface area contributed by atoms with Crippen molar-refractivity contribution < 1.29 is 24.0 Å². The fraction of sp³-hybridized carbons (Fsp3) is 0.500. The van der Waals surface area contributed by atoms with Crippen LogP contribution in [-0.2, 0) is 14.4 Å². The first kappa shape index (κ1) is 22.1. The number of carbonyl (C=O) groups excluding carboxylic acids is 3. The van der Waals surface area contributed by atoms with Crippen molar-refractivity contribution in [2.24, 2.45) is 5.84 Å². The lowest BCUT2D eigenvalue weighted by molar-refractivity contribution is -0.384. The number of non-ortho nitro benzene ring substituents is 1. The Bertz CT molecular complexity index is 731. The van der Waals surface area contributed by atoms with Crippen LogP contribution in [0.15, 0.2) is 24.3 Å². The first-order valence-corrected chi connectivity index (χ1v) is 9.33. The van der Waals surface area contributed by atoms with Crippen molar-refractivity contribution in [3.63, 3.8) is 0 Å². The summed E-state index contributed by atoms with van der Waals surface area (Å²) in [5.74, 6) is 5.04. The van der Waals surface area contributed by atoms with Gasteiger partial charge in [0.05, 0.1) is 18.0 Å². The van der Waals surface area contributed by atoms with Crippen molar-refractivity contribution in [1.29, 1.82) is 0 Å². The summed E-state index contributed by atoms with van der Waals surface area (Å²) in [5, 5.41) is 10.6. The molecular formula is C18H25N5O6. The Hall–Kier alpha value is -3.21. The number of amides is 3. The Kier molecular flexibility index (Phi) is 8.34. The fourth-order valence-corrected chi connectivity index (χ4v) is 2.91. The van der Waals surface area contributed by atoms with Crippen LogP contribution in [0.4, 0.5) is 5.69 Å². The van der Waals surface area contributed by atoms with Gasteiger partial charge >= 0.3 is 0 Å². The quantitative estimate of drug-likeness (QED) is 0.257. The summed E-state index contributed by atoms with van der Waals surface area (Å²) in [4.78, 5) is 49.0. The summed E-state index contributed by atoms with van der Waals surface area (Å²) in [6.45, 7) is 1.98. The average molecular weight is 407 g/mol. The van der Waals surface area contributed by atoms with Gasteiger partial charge in [0.25, 0.3) is 5.69 Å². The second kappa shape index (κ2) is 11.0. The molecule has 0 saturated carbocycles. The Labute approximate surface area is 167 Å². The van der Waals surface area contributed by atoms with Crippen molar-refractivity contribution >= 4 is 23.4 Å². The molecule has 29 heavy (non-hydrogen) atoms. The molecule has 1 aliphatic rings. The molecule has 1 aromatic carbocycles. The van der Waals surface area contributed by atoms with Crippen molar-refractivity contribution in [3.8, 4) is 5.75 Å². The summed E-state index contributed by atoms with van der Waals surface area (Å²) in [6, 6.07) is 5.67. The van der Waals surface area contributed by atoms with Crippen molar-refractivity contribution in [1.82, 2.24) is 15.2 Å². The fourth-order valence-electron chi connectivity index (χ4n) is 2.91. The van der Waals surface area contributed by atoms with Gasteiger partial charge in [-0.25, -0.2) is 5.84 Å². The van der Waals surface area contributed by atoms with Gasteiger partial charge in [-0.2, -0.15) is 0 Å². The largest absolute Gasteiger partial charge is 0.493 e. The highest BCUT2D eigenvalue weighted by atomic mass is 16.6.